The van der Waals surface area contributed by atoms with Gasteiger partial charge in [0.25, 0.3) is 0 Å². The van der Waals surface area contributed by atoms with Crippen molar-refractivity contribution in [3.8, 4) is 5.75 Å². The van der Waals surface area contributed by atoms with Crippen LogP contribution in [-0.4, -0.2) is 50.6 Å². The molecule has 116 valence electrons. The first-order valence-electron chi connectivity index (χ1n) is 6.63. The fraction of sp³-hybridized carbons (Fsp3) is 0.462. The smallest absolute Gasteiger partial charge is 0.339 e. The van der Waals surface area contributed by atoms with E-state index in [9.17, 15) is 13.2 Å². The van der Waals surface area contributed by atoms with Crippen molar-refractivity contribution in [2.75, 3.05) is 26.2 Å². The number of likely N-dealkylation sites (tertiary alicyclic amines) is 1. The van der Waals surface area contributed by atoms with Crippen molar-refractivity contribution in [1.82, 2.24) is 4.90 Å². The maximum absolute atomic E-state index is 11.2. The van der Waals surface area contributed by atoms with E-state index in [1.807, 2.05) is 0 Å². The Kier molecular flexibility index (Phi) is 4.81. The molecule has 0 saturated carbocycles. The van der Waals surface area contributed by atoms with Crippen molar-refractivity contribution in [1.29, 1.82) is 0 Å². The van der Waals surface area contributed by atoms with Crippen molar-refractivity contribution >= 4 is 16.0 Å². The molecule has 1 heterocycles. The molecule has 0 aromatic heterocycles. The Labute approximate surface area is 123 Å². The molecule has 0 unspecified atom stereocenters. The van der Waals surface area contributed by atoms with Gasteiger partial charge >= 0.3 is 5.97 Å². The van der Waals surface area contributed by atoms with E-state index in [0.29, 0.717) is 6.61 Å². The van der Waals surface area contributed by atoms with Crippen LogP contribution >= 0.6 is 0 Å². The molecular weight excluding hydrogens is 296 g/mol. The lowest BCUT2D eigenvalue weighted by atomic mass is 10.2. The highest BCUT2D eigenvalue weighted by atomic mass is 32.2. The highest BCUT2D eigenvalue weighted by Gasteiger charge is 2.17. The molecule has 0 radical (unpaired) electrons. The molecule has 8 heteroatoms. The number of benzene rings is 1. The van der Waals surface area contributed by atoms with Gasteiger partial charge in [-0.05, 0) is 44.1 Å². The number of sulfonamides is 1. The van der Waals surface area contributed by atoms with E-state index < -0.39 is 16.0 Å². The summed E-state index contributed by atoms with van der Waals surface area (Å²) in [7, 11) is -3.94. The van der Waals surface area contributed by atoms with Crippen molar-refractivity contribution in [2.45, 2.75) is 17.7 Å². The molecule has 0 atom stereocenters. The van der Waals surface area contributed by atoms with Crippen molar-refractivity contribution in [2.24, 2.45) is 5.14 Å². The zero-order chi connectivity index (χ0) is 15.5. The summed E-state index contributed by atoms with van der Waals surface area (Å²) in [5.41, 5.74) is -0.206. The van der Waals surface area contributed by atoms with Gasteiger partial charge in [0.1, 0.15) is 17.9 Å². The van der Waals surface area contributed by atoms with Gasteiger partial charge in [0.05, 0.1) is 4.90 Å². The summed E-state index contributed by atoms with van der Waals surface area (Å²) in [5.74, 6) is -1.11. The number of carboxylic acids is 1. The SMILES string of the molecule is NS(=O)(=O)c1ccc(OCCN2CCCC2)c(C(=O)O)c1. The molecule has 1 aromatic rings. The quantitative estimate of drug-likeness (QED) is 0.791. The maximum Gasteiger partial charge on any atom is 0.339 e. The number of primary sulfonamides is 1. The molecule has 1 fully saturated rings. The second-order valence-electron chi connectivity index (χ2n) is 4.91. The molecular formula is C13H18N2O5S. The Balaban J connectivity index is 2.09. The highest BCUT2D eigenvalue weighted by Crippen LogP contribution is 2.22. The molecule has 1 aliphatic heterocycles. The number of hydrogen-bond donors (Lipinski definition) is 2. The van der Waals surface area contributed by atoms with E-state index >= 15 is 0 Å². The van der Waals surface area contributed by atoms with Crippen LogP contribution < -0.4 is 9.88 Å². The molecule has 1 saturated heterocycles. The number of ether oxygens (including phenoxy) is 1. The van der Waals surface area contributed by atoms with E-state index in [2.05, 4.69) is 4.90 Å². The molecule has 7 nitrogen and oxygen atoms in total. The number of carbonyl (C=O) groups is 1. The largest absolute Gasteiger partial charge is 0.491 e. The van der Waals surface area contributed by atoms with E-state index in [-0.39, 0.29) is 16.2 Å². The fourth-order valence-corrected chi connectivity index (χ4v) is 2.81. The van der Waals surface area contributed by atoms with Gasteiger partial charge in [0, 0.05) is 6.54 Å². The topological polar surface area (TPSA) is 110 Å². The van der Waals surface area contributed by atoms with Crippen LogP contribution in [0, 0.1) is 0 Å². The molecule has 0 spiro atoms. The van der Waals surface area contributed by atoms with E-state index in [1.165, 1.54) is 25.0 Å². The summed E-state index contributed by atoms with van der Waals surface area (Å²) < 4.78 is 28.0. The van der Waals surface area contributed by atoms with Crippen LogP contribution in [0.25, 0.3) is 0 Å². The van der Waals surface area contributed by atoms with E-state index in [1.54, 1.807) is 0 Å². The predicted octanol–water partition coefficient (Wildman–Crippen LogP) is 0.507. The molecule has 21 heavy (non-hydrogen) atoms. The lowest BCUT2D eigenvalue weighted by Gasteiger charge is -2.16. The first kappa shape index (κ1) is 15.7. The van der Waals surface area contributed by atoms with Crippen LogP contribution in [-0.2, 0) is 10.0 Å². The van der Waals surface area contributed by atoms with Crippen molar-refractivity contribution in [3.05, 3.63) is 23.8 Å². The summed E-state index contributed by atoms with van der Waals surface area (Å²) in [4.78, 5) is 13.2. The Morgan fingerprint density at radius 1 is 1.33 bits per heavy atom. The molecule has 1 aromatic carbocycles. The van der Waals surface area contributed by atoms with Crippen LogP contribution in [0.4, 0.5) is 0 Å². The van der Waals surface area contributed by atoms with Crippen LogP contribution in [0.5, 0.6) is 5.75 Å². The second-order valence-corrected chi connectivity index (χ2v) is 6.47. The summed E-state index contributed by atoms with van der Waals surface area (Å²) in [5, 5.41) is 14.1. The van der Waals surface area contributed by atoms with Crippen LogP contribution in [0.1, 0.15) is 23.2 Å². The standard InChI is InChI=1S/C13H18N2O5S/c14-21(18,19)10-3-4-12(11(9-10)13(16)17)20-8-7-15-5-1-2-6-15/h3-4,9H,1-2,5-8H2,(H,16,17)(H2,14,18,19). The molecule has 0 aliphatic carbocycles. The van der Waals surface area contributed by atoms with Gasteiger partial charge in [-0.2, -0.15) is 0 Å². The molecule has 0 bridgehead atoms. The lowest BCUT2D eigenvalue weighted by Crippen LogP contribution is -2.25. The lowest BCUT2D eigenvalue weighted by molar-refractivity contribution is 0.0691. The Morgan fingerprint density at radius 2 is 2.00 bits per heavy atom. The normalized spacial score (nSPS) is 16.0. The fourth-order valence-electron chi connectivity index (χ4n) is 2.27. The molecule has 1 aliphatic rings. The third-order valence-electron chi connectivity index (χ3n) is 3.37. The van der Waals surface area contributed by atoms with Crippen molar-refractivity contribution in [3.63, 3.8) is 0 Å². The predicted molar refractivity (Wildman–Crippen MR) is 75.9 cm³/mol. The van der Waals surface area contributed by atoms with Gasteiger partial charge in [-0.25, -0.2) is 18.4 Å². The third-order valence-corrected chi connectivity index (χ3v) is 4.28. The summed E-state index contributed by atoms with van der Waals surface area (Å²) >= 11 is 0. The zero-order valence-electron chi connectivity index (χ0n) is 11.5. The maximum atomic E-state index is 11.2. The van der Waals surface area contributed by atoms with E-state index in [4.69, 9.17) is 15.0 Å². The number of nitrogens with zero attached hydrogens (tertiary/aromatic N) is 1. The molecule has 0 amide bonds. The Hall–Kier alpha value is -1.64. The number of aromatic carboxylic acids is 1. The average Bonchev–Trinajstić information content (AvgIpc) is 2.90. The minimum absolute atomic E-state index is 0.147. The van der Waals surface area contributed by atoms with Crippen LogP contribution in [0.15, 0.2) is 23.1 Å². The highest BCUT2D eigenvalue weighted by molar-refractivity contribution is 7.89. The monoisotopic (exact) mass is 314 g/mol. The zero-order valence-corrected chi connectivity index (χ0v) is 12.3. The second kappa shape index (κ2) is 6.42. The van der Waals surface area contributed by atoms with Crippen LogP contribution in [0.3, 0.4) is 0 Å². The first-order valence-corrected chi connectivity index (χ1v) is 8.18. The Bertz CT molecular complexity index is 623. The molecule has 3 N–H and O–H groups in total. The summed E-state index contributed by atoms with van der Waals surface area (Å²) in [6, 6.07) is 3.59. The average molecular weight is 314 g/mol. The minimum atomic E-state index is -3.94. The van der Waals surface area contributed by atoms with Crippen LogP contribution in [0.2, 0.25) is 0 Å². The minimum Gasteiger partial charge on any atom is -0.491 e. The number of hydrogen-bond acceptors (Lipinski definition) is 5. The third kappa shape index (κ3) is 4.16. The van der Waals surface area contributed by atoms with Gasteiger partial charge in [-0.1, -0.05) is 0 Å². The first-order chi connectivity index (χ1) is 9.88. The van der Waals surface area contributed by atoms with Gasteiger partial charge in [-0.3, -0.25) is 4.90 Å². The van der Waals surface area contributed by atoms with Crippen molar-refractivity contribution < 1.29 is 23.1 Å². The van der Waals surface area contributed by atoms with E-state index in [0.717, 1.165) is 25.7 Å². The van der Waals surface area contributed by atoms with Gasteiger partial charge in [-0.15, -0.1) is 0 Å². The number of rotatable bonds is 6. The van der Waals surface area contributed by atoms with Gasteiger partial charge in [0.2, 0.25) is 10.0 Å². The summed E-state index contributed by atoms with van der Waals surface area (Å²) in [6.45, 7) is 3.13. The Morgan fingerprint density at radius 3 is 2.57 bits per heavy atom. The number of carboxylic acid groups (broad SMARTS) is 1. The van der Waals surface area contributed by atoms with Gasteiger partial charge < -0.3 is 9.84 Å². The molecule has 2 rings (SSSR count). The summed E-state index contributed by atoms with van der Waals surface area (Å²) in [6.07, 6.45) is 2.34. The van der Waals surface area contributed by atoms with Gasteiger partial charge in [0.15, 0.2) is 0 Å². The number of nitrogens with two attached hydrogens (primary N) is 1.